The Morgan fingerprint density at radius 3 is 2.34 bits per heavy atom. The highest BCUT2D eigenvalue weighted by molar-refractivity contribution is 6.31. The molecule has 32 heavy (non-hydrogen) atoms. The van der Waals surface area contributed by atoms with E-state index in [9.17, 15) is 9.59 Å². The van der Waals surface area contributed by atoms with Gasteiger partial charge in [0.2, 0.25) is 5.91 Å². The van der Waals surface area contributed by atoms with Crippen LogP contribution in [0.3, 0.4) is 0 Å². The smallest absolute Gasteiger partial charge is 0.261 e. The van der Waals surface area contributed by atoms with Crippen molar-refractivity contribution in [1.29, 1.82) is 0 Å². The molecule has 0 heterocycles. The van der Waals surface area contributed by atoms with E-state index in [1.165, 1.54) is 0 Å². The van der Waals surface area contributed by atoms with Crippen molar-refractivity contribution in [1.82, 2.24) is 10.2 Å². The van der Waals surface area contributed by atoms with Crippen LogP contribution in [0.5, 0.6) is 5.75 Å². The number of hydrogen-bond acceptors (Lipinski definition) is 3. The monoisotopic (exact) mass is 458 g/mol. The average Bonchev–Trinajstić information content (AvgIpc) is 2.76. The quantitative estimate of drug-likeness (QED) is 0.522. The molecule has 6 heteroatoms. The fourth-order valence-corrected chi connectivity index (χ4v) is 3.73. The largest absolute Gasteiger partial charge is 0.483 e. The zero-order valence-electron chi connectivity index (χ0n) is 19.8. The number of carbonyl (C=O) groups is 2. The van der Waals surface area contributed by atoms with Crippen molar-refractivity contribution in [3.8, 4) is 5.75 Å². The van der Waals surface area contributed by atoms with E-state index in [1.54, 1.807) is 11.0 Å². The summed E-state index contributed by atoms with van der Waals surface area (Å²) in [7, 11) is 0. The maximum atomic E-state index is 13.3. The maximum absolute atomic E-state index is 13.3. The molecule has 0 aliphatic heterocycles. The first-order valence-electron chi connectivity index (χ1n) is 11.2. The number of nitrogens with one attached hydrogen (secondary N) is 1. The van der Waals surface area contributed by atoms with E-state index in [4.69, 9.17) is 16.3 Å². The lowest BCUT2D eigenvalue weighted by molar-refractivity contribution is -0.143. The Morgan fingerprint density at radius 1 is 1.06 bits per heavy atom. The Morgan fingerprint density at radius 2 is 1.72 bits per heavy atom. The summed E-state index contributed by atoms with van der Waals surface area (Å²) in [5, 5.41) is 3.48. The predicted molar refractivity (Wildman–Crippen MR) is 130 cm³/mol. The van der Waals surface area contributed by atoms with Gasteiger partial charge in [-0.05, 0) is 41.5 Å². The topological polar surface area (TPSA) is 58.6 Å². The van der Waals surface area contributed by atoms with E-state index in [0.717, 1.165) is 17.5 Å². The molecule has 2 aromatic rings. The number of carbonyl (C=O) groups excluding carboxylic acids is 2. The van der Waals surface area contributed by atoms with Crippen LogP contribution in [0.4, 0.5) is 0 Å². The maximum Gasteiger partial charge on any atom is 0.261 e. The van der Waals surface area contributed by atoms with Gasteiger partial charge >= 0.3 is 0 Å². The lowest BCUT2D eigenvalue weighted by Crippen LogP contribution is -2.50. The molecular formula is C26H35ClN2O3. The highest BCUT2D eigenvalue weighted by atomic mass is 35.5. The molecule has 0 bridgehead atoms. The number of amides is 2. The molecule has 1 N–H and O–H groups in total. The third-order valence-electron chi connectivity index (χ3n) is 5.28. The van der Waals surface area contributed by atoms with Crippen LogP contribution >= 0.6 is 11.6 Å². The van der Waals surface area contributed by atoms with Gasteiger partial charge in [0.25, 0.3) is 5.91 Å². The molecule has 5 nitrogen and oxygen atoms in total. The van der Waals surface area contributed by atoms with Crippen LogP contribution < -0.4 is 10.1 Å². The van der Waals surface area contributed by atoms with Gasteiger partial charge in [0.1, 0.15) is 11.8 Å². The predicted octanol–water partition coefficient (Wildman–Crippen LogP) is 5.35. The molecule has 0 saturated heterocycles. The molecular weight excluding hydrogens is 424 g/mol. The van der Waals surface area contributed by atoms with Gasteiger partial charge in [-0.15, -0.1) is 0 Å². The molecule has 0 spiro atoms. The summed E-state index contributed by atoms with van der Waals surface area (Å²) in [5.74, 6) is 0.256. The second-order valence-corrected chi connectivity index (χ2v) is 9.27. The number of para-hydroxylation sites is 1. The zero-order chi connectivity index (χ0) is 23.7. The van der Waals surface area contributed by atoms with Gasteiger partial charge in [0, 0.05) is 18.1 Å². The van der Waals surface area contributed by atoms with Gasteiger partial charge in [-0.1, -0.05) is 82.6 Å². The first kappa shape index (κ1) is 25.7. The molecule has 2 aromatic carbocycles. The molecule has 2 amide bonds. The summed E-state index contributed by atoms with van der Waals surface area (Å²) in [6, 6.07) is 14.5. The summed E-state index contributed by atoms with van der Waals surface area (Å²) < 4.78 is 5.97. The molecule has 0 saturated carbocycles. The third kappa shape index (κ3) is 6.99. The van der Waals surface area contributed by atoms with Gasteiger partial charge in [0.15, 0.2) is 6.61 Å². The van der Waals surface area contributed by atoms with Crippen molar-refractivity contribution in [2.45, 2.75) is 65.5 Å². The Labute approximate surface area is 197 Å². The Hall–Kier alpha value is -2.53. The van der Waals surface area contributed by atoms with Crippen molar-refractivity contribution in [2.75, 3.05) is 13.2 Å². The van der Waals surface area contributed by atoms with Crippen molar-refractivity contribution >= 4 is 23.4 Å². The van der Waals surface area contributed by atoms with Crippen LogP contribution in [0.2, 0.25) is 5.02 Å². The summed E-state index contributed by atoms with van der Waals surface area (Å²) in [6.07, 6.45) is 1.32. The SMILES string of the molecule is CCCNC(=O)C(CC)N(Cc1ccccc1Cl)C(=O)COc1ccccc1C(C)(C)C. The number of hydrogen-bond donors (Lipinski definition) is 1. The van der Waals surface area contributed by atoms with Crippen LogP contribution in [0, 0.1) is 0 Å². The highest BCUT2D eigenvalue weighted by Crippen LogP contribution is 2.31. The van der Waals surface area contributed by atoms with E-state index in [1.807, 2.05) is 56.3 Å². The fourth-order valence-electron chi connectivity index (χ4n) is 3.53. The van der Waals surface area contributed by atoms with Crippen LogP contribution in [0.15, 0.2) is 48.5 Å². The summed E-state index contributed by atoms with van der Waals surface area (Å²) >= 11 is 6.36. The summed E-state index contributed by atoms with van der Waals surface area (Å²) in [4.78, 5) is 27.8. The molecule has 0 aliphatic rings. The minimum absolute atomic E-state index is 0.122. The number of rotatable bonds is 10. The van der Waals surface area contributed by atoms with Crippen molar-refractivity contribution in [3.05, 3.63) is 64.7 Å². The summed E-state index contributed by atoms with van der Waals surface area (Å²) in [6.45, 7) is 10.9. The molecule has 1 atom stereocenters. The fraction of sp³-hybridized carbons (Fsp3) is 0.462. The van der Waals surface area contributed by atoms with Crippen LogP contribution in [-0.4, -0.2) is 35.9 Å². The number of benzene rings is 2. The minimum atomic E-state index is -0.605. The number of nitrogens with zero attached hydrogens (tertiary/aromatic N) is 1. The zero-order valence-corrected chi connectivity index (χ0v) is 20.5. The minimum Gasteiger partial charge on any atom is -0.483 e. The van der Waals surface area contributed by atoms with Gasteiger partial charge in [-0.2, -0.15) is 0 Å². The number of halogens is 1. The summed E-state index contributed by atoms with van der Waals surface area (Å²) in [5.41, 5.74) is 1.70. The second-order valence-electron chi connectivity index (χ2n) is 8.86. The molecule has 0 radical (unpaired) electrons. The molecule has 1 unspecified atom stereocenters. The third-order valence-corrected chi connectivity index (χ3v) is 5.65. The lowest BCUT2D eigenvalue weighted by atomic mass is 9.86. The highest BCUT2D eigenvalue weighted by Gasteiger charge is 2.29. The second kappa shape index (κ2) is 11.9. The molecule has 174 valence electrons. The molecule has 2 rings (SSSR count). The molecule has 0 aromatic heterocycles. The van der Waals surface area contributed by atoms with Gasteiger partial charge in [0.05, 0.1) is 0 Å². The standard InChI is InChI=1S/C26H35ClN2O3/c1-6-16-28-25(31)22(7-2)29(17-19-12-8-10-14-21(19)27)24(30)18-32-23-15-11-9-13-20(23)26(3,4)5/h8-15,22H,6-7,16-18H2,1-5H3,(H,28,31). The van der Waals surface area contributed by atoms with Crippen LogP contribution in [0.25, 0.3) is 0 Å². The van der Waals surface area contributed by atoms with Crippen LogP contribution in [-0.2, 0) is 21.5 Å². The average molecular weight is 459 g/mol. The molecule has 0 fully saturated rings. The van der Waals surface area contributed by atoms with E-state index >= 15 is 0 Å². The van der Waals surface area contributed by atoms with Crippen molar-refractivity contribution < 1.29 is 14.3 Å². The van der Waals surface area contributed by atoms with E-state index in [-0.39, 0.29) is 30.4 Å². The van der Waals surface area contributed by atoms with Gasteiger partial charge in [-0.3, -0.25) is 9.59 Å². The van der Waals surface area contributed by atoms with Crippen molar-refractivity contribution in [2.24, 2.45) is 0 Å². The van der Waals surface area contributed by atoms with E-state index in [2.05, 4.69) is 26.1 Å². The van der Waals surface area contributed by atoms with Crippen LogP contribution in [0.1, 0.15) is 58.6 Å². The van der Waals surface area contributed by atoms with E-state index in [0.29, 0.717) is 23.7 Å². The lowest BCUT2D eigenvalue weighted by Gasteiger charge is -2.31. The van der Waals surface area contributed by atoms with E-state index < -0.39 is 6.04 Å². The first-order chi connectivity index (χ1) is 15.2. The van der Waals surface area contributed by atoms with Crippen molar-refractivity contribution in [3.63, 3.8) is 0 Å². The normalized spacial score (nSPS) is 12.2. The number of ether oxygens (including phenoxy) is 1. The van der Waals surface area contributed by atoms with Gasteiger partial charge in [-0.25, -0.2) is 0 Å². The Bertz CT molecular complexity index is 908. The Balaban J connectivity index is 2.27. The first-order valence-corrected chi connectivity index (χ1v) is 11.6. The Kier molecular flexibility index (Phi) is 9.58. The molecule has 0 aliphatic carbocycles. The van der Waals surface area contributed by atoms with Gasteiger partial charge < -0.3 is 15.0 Å².